The second-order valence-corrected chi connectivity index (χ2v) is 15.0. The Morgan fingerprint density at radius 3 is 2.24 bits per heavy atom. The van der Waals surface area contributed by atoms with Gasteiger partial charge in [-0.3, -0.25) is 9.37 Å². The van der Waals surface area contributed by atoms with Crippen molar-refractivity contribution in [3.63, 3.8) is 0 Å². The minimum atomic E-state index is -0.728. The van der Waals surface area contributed by atoms with E-state index >= 15 is 0 Å². The summed E-state index contributed by atoms with van der Waals surface area (Å²) in [5, 5.41) is 7.68. The summed E-state index contributed by atoms with van der Waals surface area (Å²) in [5.74, 6) is 0.615. The highest BCUT2D eigenvalue weighted by Gasteiger charge is 2.64. The molecule has 0 aromatic carbocycles. The molecule has 2 saturated heterocycles. The Balaban J connectivity index is 1.10. The number of ether oxygens (including phenoxy) is 3. The first-order valence-electron chi connectivity index (χ1n) is 19.4. The Morgan fingerprint density at radius 2 is 1.58 bits per heavy atom. The second kappa shape index (κ2) is 17.0. The van der Waals surface area contributed by atoms with Crippen LogP contribution in [0.3, 0.4) is 0 Å². The minimum absolute atomic E-state index is 0.0720. The zero-order chi connectivity index (χ0) is 31.5. The van der Waals surface area contributed by atoms with Gasteiger partial charge in [0, 0.05) is 19.3 Å². The number of carbonyl (C=O) groups is 1. The minimum Gasteiger partial charge on any atom is -0.465 e. The molecule has 5 heterocycles. The molecule has 2 N–H and O–H groups in total. The van der Waals surface area contributed by atoms with Gasteiger partial charge in [-0.25, -0.2) is 10.6 Å². The number of guanidine groups is 1. The molecule has 5 rings (SSSR count). The van der Waals surface area contributed by atoms with Crippen LogP contribution in [-0.4, -0.2) is 58.9 Å². The SMILES string of the molecule is CCCCCCCCCCCCCCCCOC(=O)C1C2CCC3CC4(CCC=CC(CC)O4)NC(=[N+]32)NC12CCCC(C)O2. The molecule has 0 aliphatic carbocycles. The first-order chi connectivity index (χ1) is 22.0. The van der Waals surface area contributed by atoms with Crippen LogP contribution in [0.5, 0.6) is 0 Å². The van der Waals surface area contributed by atoms with Gasteiger partial charge in [0.15, 0.2) is 11.6 Å². The van der Waals surface area contributed by atoms with Gasteiger partial charge in [-0.15, -0.1) is 0 Å². The van der Waals surface area contributed by atoms with Crippen molar-refractivity contribution in [2.75, 3.05) is 6.61 Å². The fraction of sp³-hybridized carbons (Fsp3) is 0.895. The normalized spacial score (nSPS) is 34.0. The van der Waals surface area contributed by atoms with E-state index in [-0.39, 0.29) is 35.9 Å². The fourth-order valence-electron chi connectivity index (χ4n) is 8.96. The molecule has 2 spiro atoms. The van der Waals surface area contributed by atoms with Crippen LogP contribution in [0.4, 0.5) is 0 Å². The maximum absolute atomic E-state index is 14.0. The molecule has 5 aliphatic heterocycles. The van der Waals surface area contributed by atoms with Crippen molar-refractivity contribution in [3.05, 3.63) is 12.2 Å². The van der Waals surface area contributed by atoms with Crippen molar-refractivity contribution in [2.45, 2.75) is 204 Å². The largest absolute Gasteiger partial charge is 0.465 e. The van der Waals surface area contributed by atoms with Gasteiger partial charge in [0.1, 0.15) is 0 Å². The summed E-state index contributed by atoms with van der Waals surface area (Å²) in [6, 6.07) is 0.449. The third-order valence-electron chi connectivity index (χ3n) is 11.3. The van der Waals surface area contributed by atoms with Gasteiger partial charge < -0.3 is 14.2 Å². The van der Waals surface area contributed by atoms with E-state index in [0.717, 1.165) is 76.6 Å². The molecule has 45 heavy (non-hydrogen) atoms. The summed E-state index contributed by atoms with van der Waals surface area (Å²) in [7, 11) is 0. The van der Waals surface area contributed by atoms with Crippen LogP contribution in [0, 0.1) is 5.92 Å². The van der Waals surface area contributed by atoms with Crippen LogP contribution < -0.4 is 10.6 Å². The lowest BCUT2D eigenvalue weighted by Crippen LogP contribution is -2.76. The van der Waals surface area contributed by atoms with Crippen LogP contribution >= 0.6 is 0 Å². The molecule has 5 aliphatic rings. The summed E-state index contributed by atoms with van der Waals surface area (Å²) in [6.45, 7) is 7.15. The molecule has 0 saturated carbocycles. The number of unbranched alkanes of at least 4 members (excludes halogenated alkanes) is 13. The average molecular weight is 629 g/mol. The molecule has 0 amide bonds. The van der Waals surface area contributed by atoms with E-state index in [1.165, 1.54) is 77.0 Å². The molecule has 7 heteroatoms. The smallest absolute Gasteiger partial charge is 0.350 e. The average Bonchev–Trinajstić information content (AvgIpc) is 3.33. The topological polar surface area (TPSA) is 71.8 Å². The van der Waals surface area contributed by atoms with E-state index < -0.39 is 5.72 Å². The molecule has 256 valence electrons. The highest BCUT2D eigenvalue weighted by atomic mass is 16.6. The second-order valence-electron chi connectivity index (χ2n) is 15.0. The van der Waals surface area contributed by atoms with Crippen molar-refractivity contribution >= 4 is 11.9 Å². The summed E-state index contributed by atoms with van der Waals surface area (Å²) in [4.78, 5) is 14.0. The number of allylic oxidation sites excluding steroid dienone is 1. The highest BCUT2D eigenvalue weighted by molar-refractivity contribution is 5.82. The van der Waals surface area contributed by atoms with E-state index in [9.17, 15) is 4.79 Å². The van der Waals surface area contributed by atoms with Crippen molar-refractivity contribution in [2.24, 2.45) is 5.92 Å². The Kier molecular flexibility index (Phi) is 13.1. The van der Waals surface area contributed by atoms with Gasteiger partial charge in [0.25, 0.3) is 0 Å². The van der Waals surface area contributed by atoms with Crippen molar-refractivity contribution in [3.8, 4) is 0 Å². The number of carbonyl (C=O) groups excluding carboxylic acids is 1. The third-order valence-corrected chi connectivity index (χ3v) is 11.3. The Hall–Kier alpha value is -1.60. The lowest BCUT2D eigenvalue weighted by atomic mass is 9.80. The Bertz CT molecular complexity index is 999. The van der Waals surface area contributed by atoms with Gasteiger partial charge in [-0.05, 0) is 51.9 Å². The first kappa shape index (κ1) is 34.7. The van der Waals surface area contributed by atoms with E-state index in [1.807, 2.05) is 0 Å². The third kappa shape index (κ3) is 8.86. The van der Waals surface area contributed by atoms with Gasteiger partial charge in [-0.2, -0.15) is 0 Å². The van der Waals surface area contributed by atoms with Crippen molar-refractivity contribution in [1.29, 1.82) is 0 Å². The predicted molar refractivity (Wildman–Crippen MR) is 181 cm³/mol. The number of esters is 1. The lowest BCUT2D eigenvalue weighted by molar-refractivity contribution is -0.609. The molecule has 0 aromatic heterocycles. The monoisotopic (exact) mass is 629 g/mol. The lowest BCUT2D eigenvalue weighted by Gasteiger charge is -2.50. The van der Waals surface area contributed by atoms with Gasteiger partial charge in [0.2, 0.25) is 5.72 Å². The first-order valence-corrected chi connectivity index (χ1v) is 19.4. The van der Waals surface area contributed by atoms with Crippen molar-refractivity contribution < 1.29 is 23.6 Å². The molecule has 7 nitrogen and oxygen atoms in total. The Morgan fingerprint density at radius 1 is 0.889 bits per heavy atom. The van der Waals surface area contributed by atoms with Crippen LogP contribution in [0.1, 0.15) is 168 Å². The van der Waals surface area contributed by atoms with Gasteiger partial charge >= 0.3 is 11.9 Å². The van der Waals surface area contributed by atoms with Crippen LogP contribution in [0.2, 0.25) is 0 Å². The number of hydrogen-bond acceptors (Lipinski definition) is 6. The zero-order valence-corrected chi connectivity index (χ0v) is 29.1. The number of rotatable bonds is 17. The number of nitrogens with one attached hydrogen (secondary N) is 2. The van der Waals surface area contributed by atoms with Crippen LogP contribution in [-0.2, 0) is 19.0 Å². The number of hydrogen-bond donors (Lipinski definition) is 2. The molecule has 0 aromatic rings. The van der Waals surface area contributed by atoms with E-state index in [4.69, 9.17) is 14.2 Å². The molecule has 0 bridgehead atoms. The van der Waals surface area contributed by atoms with Crippen molar-refractivity contribution in [1.82, 2.24) is 10.6 Å². The maximum atomic E-state index is 14.0. The van der Waals surface area contributed by atoms with E-state index in [0.29, 0.717) is 12.6 Å². The standard InChI is InChI=1S/C38H65N3O4/c1-4-6-7-8-9-10-11-12-13-14-15-16-17-20-28-43-35(42)34-33-25-24-31-29-37(26-19-18-23-32(5-2)45-37)39-36(41(31)33)40-38(34)27-21-22-30(3)44-38/h18,23,30-34H,4-17,19-22,24-29H2,1-3H3,(H,39,40)/p+1. The molecule has 2 fully saturated rings. The molecule has 7 unspecified atom stereocenters. The summed E-state index contributed by atoms with van der Waals surface area (Å²) < 4.78 is 22.1. The quantitative estimate of drug-likeness (QED) is 0.0732. The fourth-order valence-corrected chi connectivity index (χ4v) is 8.96. The van der Waals surface area contributed by atoms with Gasteiger partial charge in [0.05, 0.1) is 30.9 Å². The Labute approximate surface area is 274 Å². The zero-order valence-electron chi connectivity index (χ0n) is 29.1. The summed E-state index contributed by atoms with van der Waals surface area (Å²) >= 11 is 0. The summed E-state index contributed by atoms with van der Waals surface area (Å²) in [6.07, 6.45) is 32.1. The maximum Gasteiger partial charge on any atom is 0.350 e. The summed E-state index contributed by atoms with van der Waals surface area (Å²) in [5.41, 5.74) is -1.11. The molecular formula is C38H66N3O4+. The number of nitrogens with zero attached hydrogens (tertiary/aromatic N) is 1. The van der Waals surface area contributed by atoms with E-state index in [1.54, 1.807) is 0 Å². The van der Waals surface area contributed by atoms with Crippen LogP contribution in [0.25, 0.3) is 0 Å². The molecule has 7 atom stereocenters. The van der Waals surface area contributed by atoms with Crippen LogP contribution in [0.15, 0.2) is 12.2 Å². The molecular weight excluding hydrogens is 562 g/mol. The van der Waals surface area contributed by atoms with E-state index in [2.05, 4.69) is 48.1 Å². The highest BCUT2D eigenvalue weighted by Crippen LogP contribution is 2.45. The predicted octanol–water partition coefficient (Wildman–Crippen LogP) is 8.25. The molecule has 0 radical (unpaired) electrons. The van der Waals surface area contributed by atoms with Gasteiger partial charge in [-0.1, -0.05) is 109 Å².